The van der Waals surface area contributed by atoms with Crippen LogP contribution in [0.15, 0.2) is 42.7 Å². The van der Waals surface area contributed by atoms with Crippen LogP contribution < -0.4 is 0 Å². The molecule has 2 rings (SSSR count). The van der Waals surface area contributed by atoms with E-state index in [0.29, 0.717) is 5.75 Å². The van der Waals surface area contributed by atoms with E-state index in [4.69, 9.17) is 0 Å². The van der Waals surface area contributed by atoms with Crippen LogP contribution in [-0.2, 0) is 0 Å². The van der Waals surface area contributed by atoms with Gasteiger partial charge in [-0.3, -0.25) is 0 Å². The third-order valence-corrected chi connectivity index (χ3v) is 1.81. The van der Waals surface area contributed by atoms with E-state index in [1.807, 2.05) is 36.7 Å². The van der Waals surface area contributed by atoms with Crippen molar-refractivity contribution in [3.63, 3.8) is 0 Å². The van der Waals surface area contributed by atoms with Gasteiger partial charge in [0.25, 0.3) is 0 Å². The quantitative estimate of drug-likeness (QED) is 0.658. The first-order valence-corrected chi connectivity index (χ1v) is 3.79. The summed E-state index contributed by atoms with van der Waals surface area (Å²) >= 11 is 0. The maximum absolute atomic E-state index is 9.47. The second-order valence-electron chi connectivity index (χ2n) is 2.62. The maximum atomic E-state index is 9.47. The number of phenolic OH excluding ortho intramolecular Hbond substituents is 1. The van der Waals surface area contributed by atoms with Crippen molar-refractivity contribution in [2.75, 3.05) is 0 Å². The Bertz CT molecular complexity index is 365. The predicted molar refractivity (Wildman–Crippen MR) is 47.9 cm³/mol. The molecule has 0 atom stereocenters. The molecule has 0 aliphatic carbocycles. The number of phenols is 1. The average Bonchev–Trinajstić information content (AvgIpc) is 2.57. The van der Waals surface area contributed by atoms with Crippen LogP contribution in [0.4, 0.5) is 0 Å². The molecule has 2 N–H and O–H groups in total. The summed E-state index contributed by atoms with van der Waals surface area (Å²) in [7, 11) is 0. The summed E-state index contributed by atoms with van der Waals surface area (Å²) in [5.74, 6) is 0.317. The van der Waals surface area contributed by atoms with Crippen molar-refractivity contribution in [1.82, 2.24) is 4.98 Å². The molecular weight excluding hydrogens is 150 g/mol. The molecule has 1 aromatic carbocycles. The van der Waals surface area contributed by atoms with E-state index in [-0.39, 0.29) is 0 Å². The second kappa shape index (κ2) is 2.74. The monoisotopic (exact) mass is 159 g/mol. The Morgan fingerprint density at radius 1 is 1.08 bits per heavy atom. The fraction of sp³-hybridized carbons (Fsp3) is 0. The van der Waals surface area contributed by atoms with E-state index < -0.39 is 0 Å². The van der Waals surface area contributed by atoms with E-state index in [1.54, 1.807) is 6.07 Å². The molecule has 0 unspecified atom stereocenters. The summed E-state index contributed by atoms with van der Waals surface area (Å²) in [5, 5.41) is 9.47. The Balaban J connectivity index is 2.55. The van der Waals surface area contributed by atoms with Crippen molar-refractivity contribution < 1.29 is 5.11 Å². The van der Waals surface area contributed by atoms with Gasteiger partial charge >= 0.3 is 0 Å². The molecule has 2 aromatic rings. The third kappa shape index (κ3) is 1.07. The van der Waals surface area contributed by atoms with Crippen LogP contribution in [0.25, 0.3) is 11.1 Å². The number of nitrogens with one attached hydrogen (secondary N) is 1. The molecule has 0 spiro atoms. The van der Waals surface area contributed by atoms with Crippen LogP contribution in [0.5, 0.6) is 5.75 Å². The van der Waals surface area contributed by atoms with Crippen LogP contribution in [-0.4, -0.2) is 10.1 Å². The first-order chi connectivity index (χ1) is 5.88. The number of para-hydroxylation sites is 1. The normalized spacial score (nSPS) is 10.0. The van der Waals surface area contributed by atoms with Gasteiger partial charge in [0.15, 0.2) is 0 Å². The Labute approximate surface area is 70.5 Å². The van der Waals surface area contributed by atoms with Gasteiger partial charge in [0.05, 0.1) is 0 Å². The molecule has 60 valence electrons. The number of hydrogen-bond acceptors (Lipinski definition) is 1. The van der Waals surface area contributed by atoms with Gasteiger partial charge in [-0.05, 0) is 12.1 Å². The number of aromatic amines is 1. The highest BCUT2D eigenvalue weighted by Crippen LogP contribution is 2.27. The van der Waals surface area contributed by atoms with Gasteiger partial charge in [0.1, 0.15) is 5.75 Å². The van der Waals surface area contributed by atoms with E-state index in [2.05, 4.69) is 4.98 Å². The minimum atomic E-state index is 0.317. The van der Waals surface area contributed by atoms with Crippen molar-refractivity contribution >= 4 is 0 Å². The summed E-state index contributed by atoms with van der Waals surface area (Å²) in [5.41, 5.74) is 1.87. The predicted octanol–water partition coefficient (Wildman–Crippen LogP) is 2.39. The van der Waals surface area contributed by atoms with Crippen LogP contribution in [0.2, 0.25) is 0 Å². The molecule has 12 heavy (non-hydrogen) atoms. The molecule has 1 heterocycles. The molecule has 1 aromatic heterocycles. The largest absolute Gasteiger partial charge is 0.507 e. The number of hydrogen-bond donors (Lipinski definition) is 2. The fourth-order valence-corrected chi connectivity index (χ4v) is 1.21. The van der Waals surface area contributed by atoms with Crippen LogP contribution in [0, 0.1) is 0 Å². The van der Waals surface area contributed by atoms with Crippen molar-refractivity contribution in [3.05, 3.63) is 42.7 Å². The first kappa shape index (κ1) is 6.98. The topological polar surface area (TPSA) is 36.0 Å². The summed E-state index contributed by atoms with van der Waals surface area (Å²) in [6.07, 6.45) is 3.69. The third-order valence-electron chi connectivity index (χ3n) is 1.81. The van der Waals surface area contributed by atoms with Crippen LogP contribution >= 0.6 is 0 Å². The zero-order chi connectivity index (χ0) is 8.39. The molecule has 0 aliphatic heterocycles. The average molecular weight is 159 g/mol. The lowest BCUT2D eigenvalue weighted by atomic mass is 10.1. The lowest BCUT2D eigenvalue weighted by Crippen LogP contribution is -1.73. The summed E-state index contributed by atoms with van der Waals surface area (Å²) < 4.78 is 0. The fourth-order valence-electron chi connectivity index (χ4n) is 1.21. The van der Waals surface area contributed by atoms with Crippen LogP contribution in [0.1, 0.15) is 0 Å². The number of rotatable bonds is 1. The maximum Gasteiger partial charge on any atom is 0.123 e. The Hall–Kier alpha value is -1.70. The molecule has 0 saturated carbocycles. The molecule has 0 fully saturated rings. The molecule has 0 aliphatic rings. The Kier molecular flexibility index (Phi) is 1.59. The lowest BCUT2D eigenvalue weighted by molar-refractivity contribution is 0.477. The van der Waals surface area contributed by atoms with Crippen molar-refractivity contribution in [2.45, 2.75) is 0 Å². The molecule has 0 saturated heterocycles. The molecule has 0 amide bonds. The van der Waals surface area contributed by atoms with Crippen molar-refractivity contribution in [3.8, 4) is 16.9 Å². The number of benzene rings is 1. The molecular formula is C10H9NO. The standard InChI is InChI=1S/C10H9NO/c12-10-4-2-1-3-9(10)8-5-6-11-7-8/h1-7,11-12H. The molecule has 0 radical (unpaired) electrons. The first-order valence-electron chi connectivity index (χ1n) is 3.79. The second-order valence-corrected chi connectivity index (χ2v) is 2.62. The number of aromatic hydroxyl groups is 1. The van der Waals surface area contributed by atoms with Gasteiger partial charge < -0.3 is 10.1 Å². The van der Waals surface area contributed by atoms with E-state index >= 15 is 0 Å². The highest BCUT2D eigenvalue weighted by molar-refractivity contribution is 5.69. The Morgan fingerprint density at radius 2 is 1.92 bits per heavy atom. The van der Waals surface area contributed by atoms with Crippen LogP contribution in [0.3, 0.4) is 0 Å². The highest BCUT2D eigenvalue weighted by Gasteiger charge is 2.01. The highest BCUT2D eigenvalue weighted by atomic mass is 16.3. The lowest BCUT2D eigenvalue weighted by Gasteiger charge is -1.99. The van der Waals surface area contributed by atoms with E-state index in [9.17, 15) is 5.11 Å². The van der Waals surface area contributed by atoms with Gasteiger partial charge in [-0.25, -0.2) is 0 Å². The van der Waals surface area contributed by atoms with Crippen molar-refractivity contribution in [1.29, 1.82) is 0 Å². The van der Waals surface area contributed by atoms with Crippen molar-refractivity contribution in [2.24, 2.45) is 0 Å². The minimum Gasteiger partial charge on any atom is -0.507 e. The SMILES string of the molecule is Oc1ccccc1-c1cc[nH]c1. The summed E-state index contributed by atoms with van der Waals surface area (Å²) in [6.45, 7) is 0. The minimum absolute atomic E-state index is 0.317. The van der Waals surface area contributed by atoms with Gasteiger partial charge in [0, 0.05) is 23.5 Å². The smallest absolute Gasteiger partial charge is 0.123 e. The van der Waals surface area contributed by atoms with E-state index in [0.717, 1.165) is 11.1 Å². The number of aromatic nitrogens is 1. The molecule has 0 bridgehead atoms. The zero-order valence-corrected chi connectivity index (χ0v) is 6.49. The zero-order valence-electron chi connectivity index (χ0n) is 6.49. The van der Waals surface area contributed by atoms with Gasteiger partial charge in [-0.1, -0.05) is 18.2 Å². The Morgan fingerprint density at radius 3 is 2.58 bits per heavy atom. The molecule has 2 nitrogen and oxygen atoms in total. The van der Waals surface area contributed by atoms with Gasteiger partial charge in [-0.2, -0.15) is 0 Å². The summed E-state index contributed by atoms with van der Waals surface area (Å²) in [4.78, 5) is 2.94. The van der Waals surface area contributed by atoms with Gasteiger partial charge in [0.2, 0.25) is 0 Å². The van der Waals surface area contributed by atoms with E-state index in [1.165, 1.54) is 0 Å². The summed E-state index contributed by atoms with van der Waals surface area (Å²) in [6, 6.07) is 9.21. The van der Waals surface area contributed by atoms with Gasteiger partial charge in [-0.15, -0.1) is 0 Å². The molecule has 2 heteroatoms. The number of H-pyrrole nitrogens is 1.